The lowest BCUT2D eigenvalue weighted by Gasteiger charge is -2.44. The molecular formula is C19H29ClN2O2. The summed E-state index contributed by atoms with van der Waals surface area (Å²) in [7, 11) is 1.73. The van der Waals surface area contributed by atoms with Crippen molar-refractivity contribution in [1.29, 1.82) is 0 Å². The van der Waals surface area contributed by atoms with Gasteiger partial charge in [0.25, 0.3) is 0 Å². The lowest BCUT2D eigenvalue weighted by Crippen LogP contribution is -2.58. The number of rotatable bonds is 7. The predicted octanol–water partition coefficient (Wildman–Crippen LogP) is 3.23. The summed E-state index contributed by atoms with van der Waals surface area (Å²) >= 11 is 6.00. The van der Waals surface area contributed by atoms with Crippen LogP contribution in [0.3, 0.4) is 0 Å². The maximum absolute atomic E-state index is 12.5. The molecule has 1 saturated heterocycles. The number of hydrogen-bond donors (Lipinski definition) is 0. The first-order chi connectivity index (χ1) is 11.5. The highest BCUT2D eigenvalue weighted by molar-refractivity contribution is 6.30. The van der Waals surface area contributed by atoms with Gasteiger partial charge in [0.15, 0.2) is 0 Å². The fraction of sp³-hybridized carbons (Fsp3) is 0.632. The minimum Gasteiger partial charge on any atom is -0.383 e. The van der Waals surface area contributed by atoms with E-state index in [4.69, 9.17) is 16.3 Å². The summed E-state index contributed by atoms with van der Waals surface area (Å²) in [5, 5.41) is 0.758. The van der Waals surface area contributed by atoms with Crippen molar-refractivity contribution in [2.75, 3.05) is 33.4 Å². The summed E-state index contributed by atoms with van der Waals surface area (Å²) in [5.41, 5.74) is 1.20. The van der Waals surface area contributed by atoms with E-state index in [0.29, 0.717) is 18.5 Å². The Labute approximate surface area is 150 Å². The van der Waals surface area contributed by atoms with Crippen molar-refractivity contribution in [1.82, 2.24) is 9.80 Å². The number of carbonyl (C=O) groups is 1. The fourth-order valence-corrected chi connectivity index (χ4v) is 3.70. The molecule has 4 nitrogen and oxygen atoms in total. The Balaban J connectivity index is 1.78. The Morgan fingerprint density at radius 1 is 1.29 bits per heavy atom. The summed E-state index contributed by atoms with van der Waals surface area (Å²) in [6, 6.07) is 8.63. The van der Waals surface area contributed by atoms with Crippen LogP contribution in [0.25, 0.3) is 0 Å². The summed E-state index contributed by atoms with van der Waals surface area (Å²) < 4.78 is 5.19. The standard InChI is InChI=1S/C19H29ClN2O2/c1-15-13-21(14-16(2)22(15)10-11-24-3)19(23)9-5-7-17-6-4-8-18(20)12-17/h4,6,8,12,15-16H,5,7,9-11,13-14H2,1-3H3. The molecule has 0 aromatic heterocycles. The average Bonchev–Trinajstić information content (AvgIpc) is 2.54. The number of nitrogens with zero attached hydrogens (tertiary/aromatic N) is 2. The first-order valence-corrected chi connectivity index (χ1v) is 9.16. The van der Waals surface area contributed by atoms with Crippen LogP contribution >= 0.6 is 11.6 Å². The Kier molecular flexibility index (Phi) is 7.53. The summed E-state index contributed by atoms with van der Waals surface area (Å²) in [6.07, 6.45) is 2.36. The second-order valence-electron chi connectivity index (χ2n) is 6.71. The molecule has 0 saturated carbocycles. The molecule has 24 heavy (non-hydrogen) atoms. The van der Waals surface area contributed by atoms with E-state index in [1.165, 1.54) is 5.56 Å². The maximum atomic E-state index is 12.5. The van der Waals surface area contributed by atoms with Crippen LogP contribution in [0.5, 0.6) is 0 Å². The monoisotopic (exact) mass is 352 g/mol. The normalized spacial score (nSPS) is 21.9. The van der Waals surface area contributed by atoms with Gasteiger partial charge in [-0.05, 0) is 44.4 Å². The van der Waals surface area contributed by atoms with Crippen LogP contribution in [0.1, 0.15) is 32.3 Å². The second kappa shape index (κ2) is 9.40. The van der Waals surface area contributed by atoms with E-state index in [9.17, 15) is 4.79 Å². The molecule has 0 aliphatic carbocycles. The van der Waals surface area contributed by atoms with Crippen LogP contribution in [-0.4, -0.2) is 61.1 Å². The first kappa shape index (κ1) is 19.2. The molecule has 1 amide bonds. The molecule has 1 aliphatic rings. The zero-order valence-corrected chi connectivity index (χ0v) is 15.8. The third-order valence-electron chi connectivity index (χ3n) is 4.75. The number of halogens is 1. The molecule has 1 heterocycles. The molecule has 2 rings (SSSR count). The number of piperazine rings is 1. The van der Waals surface area contributed by atoms with Gasteiger partial charge in [0.1, 0.15) is 0 Å². The van der Waals surface area contributed by atoms with Crippen LogP contribution in [-0.2, 0) is 16.0 Å². The highest BCUT2D eigenvalue weighted by Gasteiger charge is 2.31. The lowest BCUT2D eigenvalue weighted by molar-refractivity contribution is -0.135. The molecule has 0 N–H and O–H groups in total. The van der Waals surface area contributed by atoms with Crippen LogP contribution in [0, 0.1) is 0 Å². The topological polar surface area (TPSA) is 32.8 Å². The molecule has 2 atom stereocenters. The zero-order chi connectivity index (χ0) is 17.5. The molecule has 1 aromatic rings. The molecular weight excluding hydrogens is 324 g/mol. The Hall–Kier alpha value is -1.10. The van der Waals surface area contributed by atoms with Gasteiger partial charge in [-0.25, -0.2) is 0 Å². The summed E-state index contributed by atoms with van der Waals surface area (Å²) in [4.78, 5) is 17.0. The van der Waals surface area contributed by atoms with Crippen molar-refractivity contribution < 1.29 is 9.53 Å². The van der Waals surface area contributed by atoms with Crippen LogP contribution < -0.4 is 0 Å². The van der Waals surface area contributed by atoms with Gasteiger partial charge in [0.2, 0.25) is 5.91 Å². The third-order valence-corrected chi connectivity index (χ3v) is 4.99. The van der Waals surface area contributed by atoms with Gasteiger partial charge < -0.3 is 9.64 Å². The molecule has 0 bridgehead atoms. The van der Waals surface area contributed by atoms with Crippen LogP contribution in [0.15, 0.2) is 24.3 Å². The van der Waals surface area contributed by atoms with Gasteiger partial charge in [0.05, 0.1) is 6.61 Å². The van der Waals surface area contributed by atoms with E-state index < -0.39 is 0 Å². The van der Waals surface area contributed by atoms with Gasteiger partial charge in [-0.1, -0.05) is 23.7 Å². The first-order valence-electron chi connectivity index (χ1n) is 8.78. The van der Waals surface area contributed by atoms with E-state index in [1.54, 1.807) is 7.11 Å². The number of benzene rings is 1. The van der Waals surface area contributed by atoms with Crippen molar-refractivity contribution in [3.05, 3.63) is 34.9 Å². The van der Waals surface area contributed by atoms with E-state index in [0.717, 1.165) is 44.1 Å². The quantitative estimate of drug-likeness (QED) is 0.755. The predicted molar refractivity (Wildman–Crippen MR) is 98.5 cm³/mol. The van der Waals surface area contributed by atoms with E-state index in [2.05, 4.69) is 24.8 Å². The zero-order valence-electron chi connectivity index (χ0n) is 15.0. The van der Waals surface area contributed by atoms with Gasteiger partial charge in [-0.3, -0.25) is 9.69 Å². The lowest BCUT2D eigenvalue weighted by atomic mass is 10.1. The number of hydrogen-bond acceptors (Lipinski definition) is 3. The average molecular weight is 353 g/mol. The van der Waals surface area contributed by atoms with Crippen molar-refractivity contribution in [2.24, 2.45) is 0 Å². The number of methoxy groups -OCH3 is 1. The van der Waals surface area contributed by atoms with E-state index in [-0.39, 0.29) is 5.91 Å². The van der Waals surface area contributed by atoms with Crippen molar-refractivity contribution in [3.63, 3.8) is 0 Å². The number of ether oxygens (including phenoxy) is 1. The fourth-order valence-electron chi connectivity index (χ4n) is 3.49. The van der Waals surface area contributed by atoms with Crippen molar-refractivity contribution >= 4 is 17.5 Å². The summed E-state index contributed by atoms with van der Waals surface area (Å²) in [5.74, 6) is 0.266. The number of carbonyl (C=O) groups excluding carboxylic acids is 1. The SMILES string of the molecule is COCCN1C(C)CN(C(=O)CCCc2cccc(Cl)c2)CC1C. The van der Waals surface area contributed by atoms with Crippen molar-refractivity contribution in [2.45, 2.75) is 45.2 Å². The highest BCUT2D eigenvalue weighted by Crippen LogP contribution is 2.18. The third kappa shape index (κ3) is 5.47. The molecule has 1 fully saturated rings. The minimum absolute atomic E-state index is 0.266. The van der Waals surface area contributed by atoms with Crippen LogP contribution in [0.4, 0.5) is 0 Å². The van der Waals surface area contributed by atoms with Gasteiger partial charge in [0, 0.05) is 50.3 Å². The molecule has 1 aliphatic heterocycles. The summed E-state index contributed by atoms with van der Waals surface area (Å²) in [6.45, 7) is 7.67. The largest absolute Gasteiger partial charge is 0.383 e. The molecule has 0 radical (unpaired) electrons. The molecule has 0 spiro atoms. The Morgan fingerprint density at radius 2 is 2.00 bits per heavy atom. The second-order valence-corrected chi connectivity index (χ2v) is 7.15. The molecule has 134 valence electrons. The molecule has 2 unspecified atom stereocenters. The van der Waals surface area contributed by atoms with Gasteiger partial charge >= 0.3 is 0 Å². The van der Waals surface area contributed by atoms with Gasteiger partial charge in [-0.2, -0.15) is 0 Å². The Morgan fingerprint density at radius 3 is 2.62 bits per heavy atom. The van der Waals surface area contributed by atoms with E-state index in [1.807, 2.05) is 23.1 Å². The molecule has 5 heteroatoms. The number of aryl methyl sites for hydroxylation is 1. The maximum Gasteiger partial charge on any atom is 0.222 e. The minimum atomic E-state index is 0.266. The number of amides is 1. The highest BCUT2D eigenvalue weighted by atomic mass is 35.5. The van der Waals surface area contributed by atoms with Gasteiger partial charge in [-0.15, -0.1) is 0 Å². The smallest absolute Gasteiger partial charge is 0.222 e. The molecule has 1 aromatic carbocycles. The Bertz CT molecular complexity index is 526. The van der Waals surface area contributed by atoms with E-state index >= 15 is 0 Å². The van der Waals surface area contributed by atoms with Crippen LogP contribution in [0.2, 0.25) is 5.02 Å². The van der Waals surface area contributed by atoms with Crippen molar-refractivity contribution in [3.8, 4) is 0 Å².